The molecular formula is C13H16O5. The number of hydrogen-bond donors (Lipinski definition) is 1. The Hall–Kier alpha value is -1.88. The van der Waals surface area contributed by atoms with E-state index in [4.69, 9.17) is 9.47 Å². The summed E-state index contributed by atoms with van der Waals surface area (Å²) in [6, 6.07) is 8.83. The minimum atomic E-state index is -0.909. The summed E-state index contributed by atoms with van der Waals surface area (Å²) in [5.74, 6) is -1.04. The molecule has 0 unspecified atom stereocenters. The minimum absolute atomic E-state index is 0.424. The van der Waals surface area contributed by atoms with Crippen molar-refractivity contribution in [2.75, 3.05) is 6.61 Å². The molecule has 0 aromatic heterocycles. The Labute approximate surface area is 105 Å². The quantitative estimate of drug-likeness (QED) is 0.797. The van der Waals surface area contributed by atoms with E-state index >= 15 is 0 Å². The Bertz CT molecular complexity index is 401. The first kappa shape index (κ1) is 14.2. The van der Waals surface area contributed by atoms with Crippen molar-refractivity contribution < 1.29 is 24.2 Å². The highest BCUT2D eigenvalue weighted by molar-refractivity contribution is 5.67. The molecule has 1 aromatic carbocycles. The zero-order valence-corrected chi connectivity index (χ0v) is 10.3. The Kier molecular flexibility index (Phi) is 5.32. The van der Waals surface area contributed by atoms with Gasteiger partial charge in [-0.1, -0.05) is 30.3 Å². The van der Waals surface area contributed by atoms with E-state index in [1.54, 1.807) is 24.3 Å². The molecule has 98 valence electrons. The van der Waals surface area contributed by atoms with Gasteiger partial charge in [-0.05, 0) is 5.56 Å². The molecule has 0 heterocycles. The third kappa shape index (κ3) is 4.18. The van der Waals surface area contributed by atoms with Crippen LogP contribution in [-0.4, -0.2) is 29.8 Å². The summed E-state index contributed by atoms with van der Waals surface area (Å²) in [5.41, 5.74) is 0.660. The highest BCUT2D eigenvalue weighted by Gasteiger charge is 2.28. The number of aliphatic hydroxyl groups excluding tert-OH is 1. The second-order valence-electron chi connectivity index (χ2n) is 3.77. The smallest absolute Gasteiger partial charge is 0.303 e. The van der Waals surface area contributed by atoms with E-state index in [1.165, 1.54) is 13.8 Å². The predicted octanol–water partition coefficient (Wildman–Crippen LogP) is 1.21. The zero-order valence-electron chi connectivity index (χ0n) is 10.3. The first-order valence-corrected chi connectivity index (χ1v) is 5.55. The van der Waals surface area contributed by atoms with Gasteiger partial charge in [0.15, 0.2) is 12.2 Å². The van der Waals surface area contributed by atoms with E-state index in [0.717, 1.165) is 0 Å². The van der Waals surface area contributed by atoms with Gasteiger partial charge in [-0.3, -0.25) is 9.59 Å². The molecule has 0 saturated heterocycles. The van der Waals surface area contributed by atoms with Crippen molar-refractivity contribution >= 4 is 11.9 Å². The standard InChI is InChI=1S/C13H16O5/c1-9(15)17-12(8-14)13(18-10(2)16)11-6-4-3-5-7-11/h3-7,12-14H,8H2,1-2H3/t12-,13-/m1/s1. The van der Waals surface area contributed by atoms with Gasteiger partial charge in [0, 0.05) is 13.8 Å². The monoisotopic (exact) mass is 252 g/mol. The number of ether oxygens (including phenoxy) is 2. The van der Waals surface area contributed by atoms with Gasteiger partial charge >= 0.3 is 11.9 Å². The predicted molar refractivity (Wildman–Crippen MR) is 63.6 cm³/mol. The van der Waals surface area contributed by atoms with E-state index in [9.17, 15) is 14.7 Å². The molecule has 1 rings (SSSR count). The molecule has 0 aliphatic rings. The lowest BCUT2D eigenvalue weighted by Gasteiger charge is -2.25. The molecule has 0 aliphatic heterocycles. The molecule has 18 heavy (non-hydrogen) atoms. The van der Waals surface area contributed by atoms with Crippen molar-refractivity contribution in [1.29, 1.82) is 0 Å². The number of esters is 2. The van der Waals surface area contributed by atoms with Crippen LogP contribution in [0.3, 0.4) is 0 Å². The van der Waals surface area contributed by atoms with Gasteiger partial charge in [-0.25, -0.2) is 0 Å². The Morgan fingerprint density at radius 1 is 1.11 bits per heavy atom. The van der Waals surface area contributed by atoms with Crippen molar-refractivity contribution in [3.63, 3.8) is 0 Å². The molecule has 1 N–H and O–H groups in total. The van der Waals surface area contributed by atoms with Crippen molar-refractivity contribution in [2.45, 2.75) is 26.1 Å². The van der Waals surface area contributed by atoms with Crippen LogP contribution in [0.4, 0.5) is 0 Å². The lowest BCUT2D eigenvalue weighted by Crippen LogP contribution is -2.31. The van der Waals surface area contributed by atoms with E-state index < -0.39 is 30.8 Å². The molecule has 0 saturated carbocycles. The van der Waals surface area contributed by atoms with Gasteiger partial charge < -0.3 is 14.6 Å². The van der Waals surface area contributed by atoms with Crippen LogP contribution >= 0.6 is 0 Å². The van der Waals surface area contributed by atoms with Crippen molar-refractivity contribution in [3.05, 3.63) is 35.9 Å². The molecule has 0 amide bonds. The molecule has 0 aliphatic carbocycles. The minimum Gasteiger partial charge on any atom is -0.456 e. The lowest BCUT2D eigenvalue weighted by molar-refractivity contribution is -0.169. The maximum atomic E-state index is 11.1. The first-order chi connectivity index (χ1) is 8.54. The maximum absolute atomic E-state index is 11.1. The summed E-state index contributed by atoms with van der Waals surface area (Å²) < 4.78 is 10.1. The van der Waals surface area contributed by atoms with E-state index in [-0.39, 0.29) is 0 Å². The summed E-state index contributed by atoms with van der Waals surface area (Å²) in [4.78, 5) is 22.1. The average molecular weight is 252 g/mol. The van der Waals surface area contributed by atoms with Gasteiger partial charge in [0.25, 0.3) is 0 Å². The molecule has 0 bridgehead atoms. The van der Waals surface area contributed by atoms with Crippen LogP contribution in [0.5, 0.6) is 0 Å². The largest absolute Gasteiger partial charge is 0.456 e. The number of carbonyl (C=O) groups is 2. The first-order valence-electron chi connectivity index (χ1n) is 5.55. The second-order valence-corrected chi connectivity index (χ2v) is 3.77. The molecule has 5 nitrogen and oxygen atoms in total. The van der Waals surface area contributed by atoms with E-state index in [1.807, 2.05) is 6.07 Å². The summed E-state index contributed by atoms with van der Waals surface area (Å²) in [7, 11) is 0. The average Bonchev–Trinajstić information content (AvgIpc) is 2.34. The van der Waals surface area contributed by atoms with E-state index in [0.29, 0.717) is 5.56 Å². The fourth-order valence-corrected chi connectivity index (χ4v) is 1.59. The number of hydrogen-bond acceptors (Lipinski definition) is 5. The van der Waals surface area contributed by atoms with Crippen molar-refractivity contribution in [1.82, 2.24) is 0 Å². The molecule has 2 atom stereocenters. The lowest BCUT2D eigenvalue weighted by atomic mass is 10.0. The third-order valence-corrected chi connectivity index (χ3v) is 2.26. The highest BCUT2D eigenvalue weighted by atomic mass is 16.6. The maximum Gasteiger partial charge on any atom is 0.303 e. The van der Waals surface area contributed by atoms with Crippen LogP contribution in [0.15, 0.2) is 30.3 Å². The summed E-state index contributed by atoms with van der Waals surface area (Å²) in [6.07, 6.45) is -1.72. The SMILES string of the molecule is CC(=O)O[C@H](c1ccccc1)[C@@H](CO)OC(C)=O. The van der Waals surface area contributed by atoms with Gasteiger partial charge in [-0.15, -0.1) is 0 Å². The Balaban J connectivity index is 2.96. The van der Waals surface area contributed by atoms with Crippen LogP contribution in [0.2, 0.25) is 0 Å². The van der Waals surface area contributed by atoms with Crippen LogP contribution < -0.4 is 0 Å². The molecule has 1 aromatic rings. The zero-order chi connectivity index (χ0) is 13.5. The van der Waals surface area contributed by atoms with Crippen LogP contribution in [-0.2, 0) is 19.1 Å². The van der Waals surface area contributed by atoms with Gasteiger partial charge in [-0.2, -0.15) is 0 Å². The van der Waals surface area contributed by atoms with Crippen LogP contribution in [0, 0.1) is 0 Å². The van der Waals surface area contributed by atoms with E-state index in [2.05, 4.69) is 0 Å². The number of carbonyl (C=O) groups excluding carboxylic acids is 2. The second kappa shape index (κ2) is 6.76. The fraction of sp³-hybridized carbons (Fsp3) is 0.385. The number of aliphatic hydroxyl groups is 1. The van der Waals surface area contributed by atoms with Crippen LogP contribution in [0.25, 0.3) is 0 Å². The molecule has 5 heteroatoms. The Morgan fingerprint density at radius 2 is 1.67 bits per heavy atom. The van der Waals surface area contributed by atoms with Gasteiger partial charge in [0.2, 0.25) is 0 Å². The number of benzene rings is 1. The highest BCUT2D eigenvalue weighted by Crippen LogP contribution is 2.23. The molecule has 0 spiro atoms. The fourth-order valence-electron chi connectivity index (χ4n) is 1.59. The summed E-state index contributed by atoms with van der Waals surface area (Å²) >= 11 is 0. The van der Waals surface area contributed by atoms with Gasteiger partial charge in [0.1, 0.15) is 0 Å². The molecule has 0 radical (unpaired) electrons. The van der Waals surface area contributed by atoms with Crippen molar-refractivity contribution in [3.8, 4) is 0 Å². The van der Waals surface area contributed by atoms with Crippen LogP contribution in [0.1, 0.15) is 25.5 Å². The topological polar surface area (TPSA) is 72.8 Å². The normalized spacial score (nSPS) is 13.5. The molecule has 0 fully saturated rings. The number of rotatable bonds is 5. The summed E-state index contributed by atoms with van der Waals surface area (Å²) in [6.45, 7) is 2.07. The van der Waals surface area contributed by atoms with Gasteiger partial charge in [0.05, 0.1) is 6.61 Å². The molecular weight excluding hydrogens is 236 g/mol. The van der Waals surface area contributed by atoms with Crippen molar-refractivity contribution in [2.24, 2.45) is 0 Å². The third-order valence-electron chi connectivity index (χ3n) is 2.26. The Morgan fingerprint density at radius 3 is 2.11 bits per heavy atom. The summed E-state index contributed by atoms with van der Waals surface area (Å²) in [5, 5.41) is 9.25.